The van der Waals surface area contributed by atoms with Crippen LogP contribution in [0.4, 0.5) is 0 Å². The zero-order valence-corrected chi connectivity index (χ0v) is 12.9. The van der Waals surface area contributed by atoms with Crippen LogP contribution >= 0.6 is 0 Å². The summed E-state index contributed by atoms with van der Waals surface area (Å²) < 4.78 is 9.79. The summed E-state index contributed by atoms with van der Waals surface area (Å²) in [5.74, 6) is -0.611. The molecule has 0 heterocycles. The molecule has 0 aliphatic heterocycles. The van der Waals surface area contributed by atoms with Crippen LogP contribution in [0.25, 0.3) is 0 Å². The van der Waals surface area contributed by atoms with E-state index in [0.717, 1.165) is 38.5 Å². The molecule has 4 heteroatoms. The number of carbonyl (C=O) groups is 2. The second kappa shape index (κ2) is 8.77. The van der Waals surface area contributed by atoms with Gasteiger partial charge in [-0.2, -0.15) is 0 Å². The van der Waals surface area contributed by atoms with Crippen molar-refractivity contribution in [1.82, 2.24) is 0 Å². The fourth-order valence-electron chi connectivity index (χ4n) is 2.86. The van der Waals surface area contributed by atoms with Gasteiger partial charge in [-0.05, 0) is 31.6 Å². The Morgan fingerprint density at radius 3 is 2.10 bits per heavy atom. The zero-order valence-electron chi connectivity index (χ0n) is 12.9. The van der Waals surface area contributed by atoms with Crippen molar-refractivity contribution >= 4 is 11.9 Å². The van der Waals surface area contributed by atoms with Gasteiger partial charge >= 0.3 is 11.9 Å². The fraction of sp³-hybridized carbons (Fsp3) is 0.750. The highest BCUT2D eigenvalue weighted by molar-refractivity contribution is 6.00. The molecule has 0 amide bonds. The summed E-state index contributed by atoms with van der Waals surface area (Å²) in [5.41, 5.74) is 1.08. The Morgan fingerprint density at radius 2 is 1.60 bits per heavy atom. The van der Waals surface area contributed by atoms with Gasteiger partial charge in [0.15, 0.2) is 0 Å². The maximum Gasteiger partial charge on any atom is 0.334 e. The summed E-state index contributed by atoms with van der Waals surface area (Å²) in [4.78, 5) is 24.2. The summed E-state index contributed by atoms with van der Waals surface area (Å²) in [6.45, 7) is 2.06. The lowest BCUT2D eigenvalue weighted by Crippen LogP contribution is -2.23. The number of hydrogen-bond acceptors (Lipinski definition) is 4. The minimum Gasteiger partial charge on any atom is -0.466 e. The molecule has 1 saturated carbocycles. The summed E-state index contributed by atoms with van der Waals surface area (Å²) in [6, 6.07) is 0. The maximum atomic E-state index is 12.1. The average molecular weight is 282 g/mol. The molecule has 4 nitrogen and oxygen atoms in total. The summed E-state index contributed by atoms with van der Waals surface area (Å²) >= 11 is 0. The molecule has 0 unspecified atom stereocenters. The molecule has 0 spiro atoms. The van der Waals surface area contributed by atoms with Crippen LogP contribution in [0.3, 0.4) is 0 Å². The lowest BCUT2D eigenvalue weighted by atomic mass is 9.81. The Hall–Kier alpha value is -1.32. The molecule has 0 atom stereocenters. The van der Waals surface area contributed by atoms with Crippen LogP contribution in [-0.4, -0.2) is 26.2 Å². The molecular weight excluding hydrogens is 256 g/mol. The SMILES string of the molecule is CCCC/C(C(=O)OC)=C(/C(=O)OC)C1CCCCC1. The Morgan fingerprint density at radius 1 is 1.00 bits per heavy atom. The predicted molar refractivity (Wildman–Crippen MR) is 77.2 cm³/mol. The predicted octanol–water partition coefficient (Wildman–Crippen LogP) is 3.40. The fourth-order valence-corrected chi connectivity index (χ4v) is 2.86. The van der Waals surface area contributed by atoms with Gasteiger partial charge in [-0.3, -0.25) is 0 Å². The highest BCUT2D eigenvalue weighted by Gasteiger charge is 2.29. The molecule has 1 aliphatic rings. The van der Waals surface area contributed by atoms with Gasteiger partial charge in [-0.25, -0.2) is 9.59 Å². The van der Waals surface area contributed by atoms with Crippen LogP contribution in [0.5, 0.6) is 0 Å². The molecule has 0 bridgehead atoms. The number of esters is 2. The molecule has 0 saturated heterocycles. The minimum absolute atomic E-state index is 0.141. The van der Waals surface area contributed by atoms with E-state index in [-0.39, 0.29) is 17.9 Å². The monoisotopic (exact) mass is 282 g/mol. The third kappa shape index (κ3) is 4.36. The van der Waals surface area contributed by atoms with E-state index in [1.54, 1.807) is 0 Å². The summed E-state index contributed by atoms with van der Waals surface area (Å²) in [5, 5.41) is 0. The maximum absolute atomic E-state index is 12.1. The first-order chi connectivity index (χ1) is 9.65. The normalized spacial score (nSPS) is 17.4. The standard InChI is InChI=1S/C16H26O4/c1-4-5-11-13(15(17)19-2)14(16(18)20-3)12-9-7-6-8-10-12/h12H,4-11H2,1-3H3/b14-13-. The molecule has 1 fully saturated rings. The number of rotatable bonds is 6. The Labute approximate surface area is 121 Å². The lowest BCUT2D eigenvalue weighted by molar-refractivity contribution is -0.140. The van der Waals surface area contributed by atoms with Crippen molar-refractivity contribution in [2.24, 2.45) is 5.92 Å². The summed E-state index contributed by atoms with van der Waals surface area (Å²) in [7, 11) is 2.74. The number of ether oxygens (including phenoxy) is 2. The van der Waals surface area contributed by atoms with Gasteiger partial charge < -0.3 is 9.47 Å². The Kier molecular flexibility index (Phi) is 7.34. The van der Waals surface area contributed by atoms with E-state index < -0.39 is 0 Å². The molecule has 0 aromatic carbocycles. The molecule has 1 aliphatic carbocycles. The van der Waals surface area contributed by atoms with Crippen LogP contribution in [0.15, 0.2) is 11.1 Å². The van der Waals surface area contributed by atoms with Gasteiger partial charge in [0.05, 0.1) is 19.8 Å². The van der Waals surface area contributed by atoms with Crippen LogP contribution in [0, 0.1) is 5.92 Å². The van der Waals surface area contributed by atoms with Gasteiger partial charge in [0.1, 0.15) is 0 Å². The van der Waals surface area contributed by atoms with E-state index >= 15 is 0 Å². The van der Waals surface area contributed by atoms with Crippen LogP contribution in [0.1, 0.15) is 58.3 Å². The van der Waals surface area contributed by atoms with Gasteiger partial charge in [-0.15, -0.1) is 0 Å². The highest BCUT2D eigenvalue weighted by Crippen LogP contribution is 2.33. The van der Waals surface area contributed by atoms with Crippen molar-refractivity contribution < 1.29 is 19.1 Å². The molecule has 20 heavy (non-hydrogen) atoms. The molecule has 0 aromatic rings. The molecule has 114 valence electrons. The van der Waals surface area contributed by atoms with Crippen molar-refractivity contribution in [2.45, 2.75) is 58.3 Å². The van der Waals surface area contributed by atoms with Gasteiger partial charge in [0, 0.05) is 5.57 Å². The molecular formula is C16H26O4. The van der Waals surface area contributed by atoms with E-state index in [1.165, 1.54) is 20.6 Å². The lowest BCUT2D eigenvalue weighted by Gasteiger charge is -2.25. The van der Waals surface area contributed by atoms with Crippen LogP contribution < -0.4 is 0 Å². The largest absolute Gasteiger partial charge is 0.466 e. The average Bonchev–Trinajstić information content (AvgIpc) is 2.50. The first-order valence-electron chi connectivity index (χ1n) is 7.55. The quantitative estimate of drug-likeness (QED) is 0.553. The Bertz CT molecular complexity index is 365. The van der Waals surface area contributed by atoms with Gasteiger partial charge in [-0.1, -0.05) is 32.6 Å². The second-order valence-corrected chi connectivity index (χ2v) is 5.31. The summed E-state index contributed by atoms with van der Waals surface area (Å²) in [6.07, 6.45) is 7.75. The van der Waals surface area contributed by atoms with Crippen molar-refractivity contribution in [3.63, 3.8) is 0 Å². The first-order valence-corrected chi connectivity index (χ1v) is 7.55. The highest BCUT2D eigenvalue weighted by atomic mass is 16.5. The molecule has 0 N–H and O–H groups in total. The van der Waals surface area contributed by atoms with Crippen LogP contribution in [-0.2, 0) is 19.1 Å². The second-order valence-electron chi connectivity index (χ2n) is 5.31. The smallest absolute Gasteiger partial charge is 0.334 e. The molecule has 0 radical (unpaired) electrons. The van der Waals surface area contributed by atoms with E-state index in [4.69, 9.17) is 9.47 Å². The minimum atomic E-state index is -0.385. The number of hydrogen-bond donors (Lipinski definition) is 0. The third-order valence-corrected chi connectivity index (χ3v) is 3.96. The van der Waals surface area contributed by atoms with E-state index in [9.17, 15) is 9.59 Å². The van der Waals surface area contributed by atoms with Crippen molar-refractivity contribution in [3.8, 4) is 0 Å². The van der Waals surface area contributed by atoms with Crippen molar-refractivity contribution in [1.29, 1.82) is 0 Å². The van der Waals surface area contributed by atoms with E-state index in [1.807, 2.05) is 0 Å². The van der Waals surface area contributed by atoms with Crippen molar-refractivity contribution in [2.75, 3.05) is 14.2 Å². The number of unbranched alkanes of at least 4 members (excludes halogenated alkanes) is 1. The van der Waals surface area contributed by atoms with Crippen LogP contribution in [0.2, 0.25) is 0 Å². The van der Waals surface area contributed by atoms with Crippen molar-refractivity contribution in [3.05, 3.63) is 11.1 Å². The molecule has 0 aromatic heterocycles. The van der Waals surface area contributed by atoms with E-state index in [0.29, 0.717) is 17.6 Å². The third-order valence-electron chi connectivity index (χ3n) is 3.96. The Balaban J connectivity index is 3.13. The first kappa shape index (κ1) is 16.7. The van der Waals surface area contributed by atoms with Gasteiger partial charge in [0.2, 0.25) is 0 Å². The topological polar surface area (TPSA) is 52.6 Å². The molecule has 1 rings (SSSR count). The number of methoxy groups -OCH3 is 2. The zero-order chi connectivity index (χ0) is 15.0. The van der Waals surface area contributed by atoms with E-state index in [2.05, 4.69) is 6.92 Å². The van der Waals surface area contributed by atoms with Gasteiger partial charge in [0.25, 0.3) is 0 Å². The number of carbonyl (C=O) groups excluding carboxylic acids is 2.